The lowest BCUT2D eigenvalue weighted by Gasteiger charge is -2.68. The van der Waals surface area contributed by atoms with Crippen molar-refractivity contribution >= 4 is 35.7 Å². The summed E-state index contributed by atoms with van der Waals surface area (Å²) in [6, 6.07) is 8.59. The number of fused-ring (bicyclic) bond motifs is 5. The number of ketones is 1. The van der Waals surface area contributed by atoms with Gasteiger partial charge in [-0.2, -0.15) is 0 Å². The fourth-order valence-electron chi connectivity index (χ4n) is 8.72. The maximum absolute atomic E-state index is 15.3. The molecule has 1 aromatic rings. The summed E-state index contributed by atoms with van der Waals surface area (Å²) in [5, 5.41) is 0. The Kier molecular flexibility index (Phi) is 8.02. The first-order valence-corrected chi connectivity index (χ1v) is 16.1. The molecule has 5 rings (SSSR count). The van der Waals surface area contributed by atoms with E-state index in [0.29, 0.717) is 24.0 Å². The van der Waals surface area contributed by atoms with Crippen LogP contribution in [-0.4, -0.2) is 66.0 Å². The van der Waals surface area contributed by atoms with Crippen LogP contribution in [0.25, 0.3) is 0 Å². The zero-order valence-corrected chi connectivity index (χ0v) is 27.6. The molecular weight excluding hydrogens is 584 g/mol. The van der Waals surface area contributed by atoms with Gasteiger partial charge >= 0.3 is 17.9 Å². The average Bonchev–Trinajstić information content (AvgIpc) is 2.97. The van der Waals surface area contributed by atoms with Crippen LogP contribution >= 0.6 is 12.0 Å². The minimum atomic E-state index is -1.35. The number of rotatable bonds is 6. The van der Waals surface area contributed by atoms with Crippen molar-refractivity contribution in [1.82, 2.24) is 0 Å². The van der Waals surface area contributed by atoms with Crippen molar-refractivity contribution in [2.75, 3.05) is 12.8 Å². The van der Waals surface area contributed by atoms with Gasteiger partial charge in [0.15, 0.2) is 17.5 Å². The molecule has 1 unspecified atom stereocenters. The first kappa shape index (κ1) is 31.3. The first-order chi connectivity index (χ1) is 21.1. The molecule has 0 amide bonds. The van der Waals surface area contributed by atoms with Gasteiger partial charge in [-0.25, -0.2) is 4.79 Å². The van der Waals surface area contributed by atoms with Gasteiger partial charge in [0.1, 0.15) is 17.8 Å². The number of hydrogen-bond acceptors (Lipinski definition) is 10. The smallest absolute Gasteiger partial charge is 0.338 e. The molecule has 9 atom stereocenters. The zero-order valence-electron chi connectivity index (χ0n) is 27.8. The average molecular weight is 630 g/mol. The lowest BCUT2D eigenvalue weighted by molar-refractivity contribution is -0.337. The Morgan fingerprint density at radius 3 is 2.30 bits per heavy atom. The molecule has 2 saturated carbocycles. The lowest BCUT2D eigenvalue weighted by Crippen LogP contribution is -2.80. The van der Waals surface area contributed by atoms with Crippen molar-refractivity contribution in [3.8, 4) is 0 Å². The fraction of sp³-hybridized carbons (Fsp3) is 0.647. The van der Waals surface area contributed by atoms with Gasteiger partial charge in [-0.15, -0.1) is 0 Å². The van der Waals surface area contributed by atoms with Gasteiger partial charge in [0.25, 0.3) is 0 Å². The van der Waals surface area contributed by atoms with E-state index in [-0.39, 0.29) is 30.5 Å². The minimum Gasteiger partial charge on any atom is -0.455 e. The maximum atomic E-state index is 15.3. The number of carbonyl (C=O) groups is 4. The monoisotopic (exact) mass is 629 g/mol. The molecule has 44 heavy (non-hydrogen) atoms. The van der Waals surface area contributed by atoms with Gasteiger partial charge < -0.3 is 23.1 Å². The predicted molar refractivity (Wildman–Crippen MR) is 163 cm³/mol. The van der Waals surface area contributed by atoms with E-state index in [1.165, 1.54) is 13.8 Å². The minimum absolute atomic E-state index is 0.00546. The van der Waals surface area contributed by atoms with E-state index in [2.05, 4.69) is 0 Å². The molecular formula is C34H44O9S. The molecule has 9 nitrogen and oxygen atoms in total. The molecule has 2 bridgehead atoms. The molecule has 10 heteroatoms. The van der Waals surface area contributed by atoms with E-state index in [1.54, 1.807) is 30.3 Å². The third-order valence-electron chi connectivity index (χ3n) is 11.2. The van der Waals surface area contributed by atoms with Crippen LogP contribution in [0.2, 0.25) is 0 Å². The Hall–Kier alpha value is -2.69. The van der Waals surface area contributed by atoms with Gasteiger partial charge in [0, 0.05) is 32.3 Å². The van der Waals surface area contributed by atoms with Crippen molar-refractivity contribution in [3.05, 3.63) is 47.0 Å². The standard InChI is InChI=1S/C34H44O9S/c1-18-16-34(43-44-9)29(41-30(38)23-13-11-10-12-14-23)27-32(8,19(2)15-24-33(27,17-39-24)42-22(5)36)28(37)26(40-21(4)35)25(20(18)3)31(34,6)7/h10-14,18-19,24,26-27,29H,15-17H2,1-9H3/t18-,19-,24+,26+,27?,29-,32+,33-,34+/m0/s1/i9D. The Morgan fingerprint density at radius 2 is 1.73 bits per heavy atom. The van der Waals surface area contributed by atoms with Crippen LogP contribution in [0.1, 0.15) is 80.0 Å². The van der Waals surface area contributed by atoms with Crippen molar-refractivity contribution in [3.63, 3.8) is 0 Å². The number of carbonyl (C=O) groups excluding carboxylic acids is 4. The zero-order chi connectivity index (χ0) is 33.1. The summed E-state index contributed by atoms with van der Waals surface area (Å²) in [7, 11) is 0. The summed E-state index contributed by atoms with van der Waals surface area (Å²) >= 11 is 0.931. The number of allylic oxidation sites excluding steroid dienone is 1. The van der Waals surface area contributed by atoms with Gasteiger partial charge in [0.2, 0.25) is 0 Å². The molecule has 1 saturated heterocycles. The van der Waals surface area contributed by atoms with Crippen molar-refractivity contribution in [2.45, 2.75) is 97.7 Å². The highest BCUT2D eigenvalue weighted by atomic mass is 32.2. The molecule has 0 N–H and O–H groups in total. The van der Waals surface area contributed by atoms with E-state index in [9.17, 15) is 14.4 Å². The summed E-state index contributed by atoms with van der Waals surface area (Å²) in [6.45, 7) is 14.1. The highest BCUT2D eigenvalue weighted by Crippen LogP contribution is 2.67. The second kappa shape index (κ2) is 11.3. The first-order valence-electron chi connectivity index (χ1n) is 15.9. The number of benzene rings is 1. The molecule has 240 valence electrons. The Balaban J connectivity index is 1.89. The van der Waals surface area contributed by atoms with Gasteiger partial charge in [-0.1, -0.05) is 58.4 Å². The summed E-state index contributed by atoms with van der Waals surface area (Å²) in [5.74, 6) is -3.62. The molecule has 1 aliphatic heterocycles. The summed E-state index contributed by atoms with van der Waals surface area (Å²) in [6.07, 6.45) is -2.35. The van der Waals surface area contributed by atoms with Crippen LogP contribution in [0.4, 0.5) is 0 Å². The van der Waals surface area contributed by atoms with E-state index in [1.807, 2.05) is 41.5 Å². The fourth-order valence-corrected chi connectivity index (χ4v) is 9.31. The van der Waals surface area contributed by atoms with E-state index in [0.717, 1.165) is 17.6 Å². The van der Waals surface area contributed by atoms with Crippen molar-refractivity contribution in [2.24, 2.45) is 28.6 Å². The van der Waals surface area contributed by atoms with E-state index >= 15 is 4.79 Å². The largest absolute Gasteiger partial charge is 0.455 e. The molecule has 1 heterocycles. The number of hydrogen-bond donors (Lipinski definition) is 0. The second-order valence-electron chi connectivity index (χ2n) is 13.7. The number of Topliss-reactive ketones (excluding diaryl/α,β-unsaturated/α-hetero) is 1. The highest BCUT2D eigenvalue weighted by molar-refractivity contribution is 7.93. The number of esters is 3. The summed E-state index contributed by atoms with van der Waals surface area (Å²) < 4.78 is 39.7. The van der Waals surface area contributed by atoms with Gasteiger partial charge in [-0.3, -0.25) is 14.4 Å². The molecule has 0 radical (unpaired) electrons. The Labute approximate surface area is 265 Å². The summed E-state index contributed by atoms with van der Waals surface area (Å²) in [4.78, 5) is 54.9. The maximum Gasteiger partial charge on any atom is 0.338 e. The van der Waals surface area contributed by atoms with Crippen LogP contribution < -0.4 is 0 Å². The molecule has 0 aromatic heterocycles. The van der Waals surface area contributed by atoms with Gasteiger partial charge in [-0.05, 0) is 61.3 Å². The van der Waals surface area contributed by atoms with Crippen molar-refractivity contribution in [1.29, 1.82) is 0 Å². The molecule has 4 aliphatic rings. The molecule has 3 fully saturated rings. The normalized spacial score (nSPS) is 39.4. The highest BCUT2D eigenvalue weighted by Gasteiger charge is 2.78. The van der Waals surface area contributed by atoms with Crippen LogP contribution in [0, 0.1) is 28.6 Å². The van der Waals surface area contributed by atoms with Gasteiger partial charge in [0.05, 0.1) is 18.1 Å². The Morgan fingerprint density at radius 1 is 1.05 bits per heavy atom. The topological polar surface area (TPSA) is 114 Å². The third-order valence-corrected chi connectivity index (χ3v) is 11.6. The van der Waals surface area contributed by atoms with E-state index < -0.39 is 64.2 Å². The molecule has 1 aromatic carbocycles. The molecule has 3 aliphatic carbocycles. The predicted octanol–water partition coefficient (Wildman–Crippen LogP) is 5.51. The summed E-state index contributed by atoms with van der Waals surface area (Å²) in [5.41, 5.74) is -3.27. The lowest BCUT2D eigenvalue weighted by atomic mass is 9.43. The van der Waals surface area contributed by atoms with Crippen LogP contribution in [0.5, 0.6) is 0 Å². The second-order valence-corrected chi connectivity index (χ2v) is 14.1. The van der Waals surface area contributed by atoms with E-state index in [4.69, 9.17) is 24.5 Å². The van der Waals surface area contributed by atoms with Crippen LogP contribution in [-0.2, 0) is 37.5 Å². The van der Waals surface area contributed by atoms with Crippen LogP contribution in [0.3, 0.4) is 0 Å². The van der Waals surface area contributed by atoms with Crippen LogP contribution in [0.15, 0.2) is 41.5 Å². The quantitative estimate of drug-likeness (QED) is 0.173. The Bertz CT molecular complexity index is 1410. The third kappa shape index (κ3) is 4.57. The SMILES string of the molecule is [2H]CSO[C@]12C[C@H](C)C(C)=C([C@@H](OC(C)=O)C(=O)[C@@]3(C)C([C@@H]1OC(=O)c1ccccc1)[C@]1(OC(C)=O)CO[C@@H]1C[C@@H]3C)C2(C)C. The molecule has 0 spiro atoms. The number of ether oxygens (including phenoxy) is 4. The van der Waals surface area contributed by atoms with Crippen molar-refractivity contribution < 1.29 is 43.7 Å².